The van der Waals surface area contributed by atoms with Crippen molar-refractivity contribution in [3.8, 4) is 22.5 Å². The second-order valence-electron chi connectivity index (χ2n) is 10.3. The Balaban J connectivity index is 1.19. The lowest BCUT2D eigenvalue weighted by atomic mass is 10.0. The molecule has 1 aliphatic heterocycles. The van der Waals surface area contributed by atoms with E-state index in [-0.39, 0.29) is 5.91 Å². The minimum Gasteiger partial charge on any atom is -0.371 e. The van der Waals surface area contributed by atoms with Crippen molar-refractivity contribution in [1.29, 1.82) is 0 Å². The van der Waals surface area contributed by atoms with Crippen molar-refractivity contribution in [2.45, 2.75) is 25.7 Å². The number of carbonyl (C=O) groups excluding carboxylic acids is 1. The Hall–Kier alpha value is -4.98. The van der Waals surface area contributed by atoms with Gasteiger partial charge in [-0.15, -0.1) is 0 Å². The summed E-state index contributed by atoms with van der Waals surface area (Å²) in [6.45, 7) is 2.16. The number of benzene rings is 2. The molecule has 0 radical (unpaired) electrons. The average Bonchev–Trinajstić information content (AvgIpc) is 3.62. The molecule has 1 fully saturated rings. The molecule has 0 unspecified atom stereocenters. The summed E-state index contributed by atoms with van der Waals surface area (Å²) in [5, 5.41) is 12.9. The minimum atomic E-state index is -0.0749. The van der Waals surface area contributed by atoms with Gasteiger partial charge in [0.05, 0.1) is 29.5 Å². The molecule has 0 bridgehead atoms. The molecule has 1 saturated heterocycles. The zero-order valence-corrected chi connectivity index (χ0v) is 22.0. The highest BCUT2D eigenvalue weighted by molar-refractivity contribution is 6.00. The van der Waals surface area contributed by atoms with Crippen LogP contribution in [0.3, 0.4) is 0 Å². The van der Waals surface area contributed by atoms with Gasteiger partial charge in [0.15, 0.2) is 0 Å². The number of piperidine rings is 1. The molecule has 1 amide bonds. The number of pyridine rings is 2. The van der Waals surface area contributed by atoms with Crippen LogP contribution in [0.4, 0.5) is 11.4 Å². The van der Waals surface area contributed by atoms with Crippen molar-refractivity contribution >= 4 is 39.2 Å². The molecule has 40 heavy (non-hydrogen) atoms. The number of fused-ring (bicyclic) bond motifs is 2. The Morgan fingerprint density at radius 2 is 1.77 bits per heavy atom. The van der Waals surface area contributed by atoms with Crippen LogP contribution in [0.15, 0.2) is 85.3 Å². The minimum absolute atomic E-state index is 0.0749. The maximum Gasteiger partial charge on any atom is 0.228 e. The van der Waals surface area contributed by atoms with Crippen LogP contribution in [0.2, 0.25) is 0 Å². The highest BCUT2D eigenvalue weighted by Crippen LogP contribution is 2.35. The van der Waals surface area contributed by atoms with Gasteiger partial charge in [-0.1, -0.05) is 36.4 Å². The number of anilines is 2. The Morgan fingerprint density at radius 1 is 0.900 bits per heavy atom. The van der Waals surface area contributed by atoms with Crippen molar-refractivity contribution in [2.75, 3.05) is 23.3 Å². The smallest absolute Gasteiger partial charge is 0.228 e. The van der Waals surface area contributed by atoms with E-state index in [1.54, 1.807) is 6.20 Å². The number of amides is 1. The number of hydrogen-bond donors (Lipinski definition) is 3. The highest BCUT2D eigenvalue weighted by atomic mass is 16.1. The summed E-state index contributed by atoms with van der Waals surface area (Å²) in [6, 6.07) is 22.1. The van der Waals surface area contributed by atoms with Crippen LogP contribution >= 0.6 is 0 Å². The first kappa shape index (κ1) is 24.1. The van der Waals surface area contributed by atoms with Crippen LogP contribution in [-0.2, 0) is 11.2 Å². The van der Waals surface area contributed by atoms with E-state index in [1.807, 2.05) is 60.9 Å². The maximum absolute atomic E-state index is 12.6. The predicted molar refractivity (Wildman–Crippen MR) is 159 cm³/mol. The average molecular weight is 528 g/mol. The molecular weight excluding hydrogens is 498 g/mol. The Labute approximate surface area is 231 Å². The van der Waals surface area contributed by atoms with Gasteiger partial charge in [0.2, 0.25) is 5.91 Å². The first-order valence-corrected chi connectivity index (χ1v) is 13.7. The predicted octanol–water partition coefficient (Wildman–Crippen LogP) is 6.34. The quantitative estimate of drug-likeness (QED) is 0.235. The molecule has 3 N–H and O–H groups in total. The largest absolute Gasteiger partial charge is 0.371 e. The molecule has 0 aliphatic carbocycles. The van der Waals surface area contributed by atoms with Gasteiger partial charge in [0.25, 0.3) is 0 Å². The Bertz CT molecular complexity index is 1820. The fourth-order valence-corrected chi connectivity index (χ4v) is 5.60. The molecule has 2 aromatic carbocycles. The van der Waals surface area contributed by atoms with E-state index in [0.29, 0.717) is 12.1 Å². The van der Waals surface area contributed by atoms with Crippen molar-refractivity contribution < 1.29 is 4.79 Å². The summed E-state index contributed by atoms with van der Waals surface area (Å²) in [4.78, 5) is 27.6. The molecular formula is C32H29N7O. The molecule has 5 heterocycles. The summed E-state index contributed by atoms with van der Waals surface area (Å²) >= 11 is 0. The normalized spacial score (nSPS) is 13.7. The second-order valence-corrected chi connectivity index (χ2v) is 10.3. The van der Waals surface area contributed by atoms with Crippen molar-refractivity contribution in [1.82, 2.24) is 25.1 Å². The Kier molecular flexibility index (Phi) is 6.20. The maximum atomic E-state index is 12.6. The number of nitrogens with one attached hydrogen (secondary N) is 3. The van der Waals surface area contributed by atoms with E-state index in [4.69, 9.17) is 0 Å². The lowest BCUT2D eigenvalue weighted by molar-refractivity contribution is -0.115. The summed E-state index contributed by atoms with van der Waals surface area (Å²) in [5.74, 6) is -0.0749. The fraction of sp³-hybridized carbons (Fsp3) is 0.188. The van der Waals surface area contributed by atoms with Gasteiger partial charge in [-0.3, -0.25) is 14.9 Å². The van der Waals surface area contributed by atoms with Crippen LogP contribution in [0.5, 0.6) is 0 Å². The van der Waals surface area contributed by atoms with E-state index in [0.717, 1.165) is 63.1 Å². The summed E-state index contributed by atoms with van der Waals surface area (Å²) < 4.78 is 0. The molecule has 0 atom stereocenters. The summed E-state index contributed by atoms with van der Waals surface area (Å²) in [6.07, 6.45) is 9.42. The molecule has 0 saturated carbocycles. The Morgan fingerprint density at radius 3 is 2.65 bits per heavy atom. The monoisotopic (exact) mass is 527 g/mol. The highest BCUT2D eigenvalue weighted by Gasteiger charge is 2.18. The summed E-state index contributed by atoms with van der Waals surface area (Å²) in [5.41, 5.74) is 8.35. The van der Waals surface area contributed by atoms with E-state index < -0.39 is 0 Å². The SMILES string of the molecule is O=C(Cc1ccccc1)Nc1cncc(-c2ccc3[nH]nc(-c4cc5c(N6CCCCC6)ccnc5[nH]4)c3c2)c1. The van der Waals surface area contributed by atoms with E-state index in [1.165, 1.54) is 24.9 Å². The van der Waals surface area contributed by atoms with Gasteiger partial charge in [0.1, 0.15) is 11.3 Å². The van der Waals surface area contributed by atoms with E-state index in [9.17, 15) is 4.79 Å². The third-order valence-corrected chi connectivity index (χ3v) is 7.59. The van der Waals surface area contributed by atoms with Gasteiger partial charge in [-0.25, -0.2) is 4.98 Å². The molecule has 4 aromatic heterocycles. The van der Waals surface area contributed by atoms with Crippen LogP contribution in [0.1, 0.15) is 24.8 Å². The molecule has 198 valence electrons. The number of carbonyl (C=O) groups is 1. The second kappa shape index (κ2) is 10.3. The molecule has 1 aliphatic rings. The lowest BCUT2D eigenvalue weighted by Gasteiger charge is -2.29. The molecule has 8 heteroatoms. The van der Waals surface area contributed by atoms with Gasteiger partial charge in [-0.05, 0) is 60.7 Å². The van der Waals surface area contributed by atoms with E-state index >= 15 is 0 Å². The van der Waals surface area contributed by atoms with E-state index in [2.05, 4.69) is 53.6 Å². The third-order valence-electron chi connectivity index (χ3n) is 7.59. The van der Waals surface area contributed by atoms with Crippen molar-refractivity contribution in [3.63, 3.8) is 0 Å². The standard InChI is InChI=1S/C32H29N7O/c40-30(15-21-7-3-1-4-8-21)35-24-16-23(19-33-20-24)22-9-10-27-25(17-22)31(38-37-27)28-18-26-29(11-12-34-32(26)36-28)39-13-5-2-6-14-39/h1,3-4,7-12,16-20H,2,5-6,13-15H2,(H,34,36)(H,35,40)(H,37,38). The molecule has 0 spiro atoms. The zero-order valence-electron chi connectivity index (χ0n) is 22.0. The van der Waals surface area contributed by atoms with Gasteiger partial charge in [0, 0.05) is 47.5 Å². The van der Waals surface area contributed by atoms with Gasteiger partial charge >= 0.3 is 0 Å². The molecule has 6 aromatic rings. The van der Waals surface area contributed by atoms with Crippen LogP contribution in [-0.4, -0.2) is 44.1 Å². The van der Waals surface area contributed by atoms with Crippen molar-refractivity contribution in [3.05, 3.63) is 90.9 Å². The topological polar surface area (TPSA) is 103 Å². The summed E-state index contributed by atoms with van der Waals surface area (Å²) in [7, 11) is 0. The number of nitrogens with zero attached hydrogens (tertiary/aromatic N) is 4. The lowest BCUT2D eigenvalue weighted by Crippen LogP contribution is -2.29. The molecule has 8 nitrogen and oxygen atoms in total. The zero-order chi connectivity index (χ0) is 26.9. The van der Waals surface area contributed by atoms with Crippen LogP contribution < -0.4 is 10.2 Å². The first-order chi connectivity index (χ1) is 19.7. The van der Waals surface area contributed by atoms with Gasteiger partial charge in [-0.2, -0.15) is 5.10 Å². The van der Waals surface area contributed by atoms with Crippen LogP contribution in [0, 0.1) is 0 Å². The fourth-order valence-electron chi connectivity index (χ4n) is 5.60. The first-order valence-electron chi connectivity index (χ1n) is 13.7. The number of rotatable bonds is 6. The number of aromatic nitrogens is 5. The van der Waals surface area contributed by atoms with Gasteiger partial charge < -0.3 is 15.2 Å². The molecule has 7 rings (SSSR count). The third kappa shape index (κ3) is 4.68. The number of H-pyrrole nitrogens is 2. The number of aromatic amines is 2. The van der Waals surface area contributed by atoms with Crippen LogP contribution in [0.25, 0.3) is 44.5 Å². The number of hydrogen-bond acceptors (Lipinski definition) is 5. The van der Waals surface area contributed by atoms with Crippen molar-refractivity contribution in [2.24, 2.45) is 0 Å².